The van der Waals surface area contributed by atoms with Crippen molar-refractivity contribution in [1.29, 1.82) is 0 Å². The number of hydrogen-bond acceptors (Lipinski definition) is 4. The maximum Gasteiger partial charge on any atom is 0.269 e. The van der Waals surface area contributed by atoms with Gasteiger partial charge in [0.15, 0.2) is 0 Å². The number of nitrogens with zero attached hydrogens (tertiary/aromatic N) is 1. The Balaban J connectivity index is 2.39. The fourth-order valence-corrected chi connectivity index (χ4v) is 3.98. The first-order valence-electron chi connectivity index (χ1n) is 5.79. The van der Waals surface area contributed by atoms with Crippen LogP contribution in [-0.4, -0.2) is 30.9 Å². The molecule has 0 spiro atoms. The zero-order valence-corrected chi connectivity index (χ0v) is 11.7. The molecular formula is C12H15NO3S2. The molecule has 1 unspecified atom stereocenters. The quantitative estimate of drug-likeness (QED) is 0.858. The van der Waals surface area contributed by atoms with Gasteiger partial charge in [-0.25, -0.2) is 12.7 Å². The van der Waals surface area contributed by atoms with E-state index in [1.54, 1.807) is 18.2 Å². The van der Waals surface area contributed by atoms with Crippen LogP contribution in [0.4, 0.5) is 0 Å². The van der Waals surface area contributed by atoms with Gasteiger partial charge in [-0.1, -0.05) is 25.5 Å². The van der Waals surface area contributed by atoms with Crippen LogP contribution in [0.5, 0.6) is 0 Å². The number of rotatable bonds is 4. The highest BCUT2D eigenvalue weighted by Gasteiger charge is 2.41. The summed E-state index contributed by atoms with van der Waals surface area (Å²) in [6.45, 7) is 2.16. The highest BCUT2D eigenvalue weighted by Crippen LogP contribution is 2.30. The number of benzene rings is 1. The molecule has 0 aliphatic carbocycles. The van der Waals surface area contributed by atoms with Crippen LogP contribution in [0.2, 0.25) is 0 Å². The summed E-state index contributed by atoms with van der Waals surface area (Å²) in [4.78, 5) is 12.2. The molecule has 0 fully saturated rings. The molecule has 1 aliphatic heterocycles. The van der Waals surface area contributed by atoms with Crippen molar-refractivity contribution in [3.05, 3.63) is 29.8 Å². The smallest absolute Gasteiger partial charge is 0.268 e. The van der Waals surface area contributed by atoms with Crippen LogP contribution in [0, 0.1) is 5.92 Å². The summed E-state index contributed by atoms with van der Waals surface area (Å²) >= 11 is 4.18. The second-order valence-electron chi connectivity index (χ2n) is 4.29. The van der Waals surface area contributed by atoms with E-state index < -0.39 is 15.9 Å². The Morgan fingerprint density at radius 2 is 2.00 bits per heavy atom. The molecule has 1 aromatic carbocycles. The molecule has 0 radical (unpaired) electrons. The number of sulfonamides is 1. The fourth-order valence-electron chi connectivity index (χ4n) is 1.96. The van der Waals surface area contributed by atoms with E-state index in [2.05, 4.69) is 12.6 Å². The first-order valence-corrected chi connectivity index (χ1v) is 7.86. The second kappa shape index (κ2) is 4.93. The summed E-state index contributed by atoms with van der Waals surface area (Å²) in [5.41, 5.74) is 0.270. The van der Waals surface area contributed by atoms with Crippen LogP contribution < -0.4 is 0 Å². The molecule has 2 rings (SSSR count). The maximum absolute atomic E-state index is 12.2. The van der Waals surface area contributed by atoms with E-state index in [1.165, 1.54) is 6.07 Å². The Morgan fingerprint density at radius 3 is 2.56 bits per heavy atom. The molecule has 0 N–H and O–H groups in total. The molecule has 98 valence electrons. The van der Waals surface area contributed by atoms with Gasteiger partial charge in [0.1, 0.15) is 4.90 Å². The molecule has 18 heavy (non-hydrogen) atoms. The molecule has 6 heteroatoms. The van der Waals surface area contributed by atoms with Crippen molar-refractivity contribution in [3.63, 3.8) is 0 Å². The molecule has 1 atom stereocenters. The minimum absolute atomic E-state index is 0.0846. The third kappa shape index (κ3) is 2.03. The highest BCUT2D eigenvalue weighted by atomic mass is 32.2. The van der Waals surface area contributed by atoms with Gasteiger partial charge in [0.25, 0.3) is 15.9 Å². The first-order chi connectivity index (χ1) is 8.52. The van der Waals surface area contributed by atoms with Crippen molar-refractivity contribution >= 4 is 28.6 Å². The minimum atomic E-state index is -3.66. The molecule has 1 amide bonds. The van der Waals surface area contributed by atoms with Crippen molar-refractivity contribution in [2.75, 3.05) is 12.3 Å². The maximum atomic E-state index is 12.2. The van der Waals surface area contributed by atoms with Crippen LogP contribution in [0.25, 0.3) is 0 Å². The normalized spacial score (nSPS) is 18.8. The summed E-state index contributed by atoms with van der Waals surface area (Å²) in [6, 6.07) is 6.33. The monoisotopic (exact) mass is 285 g/mol. The zero-order valence-electron chi connectivity index (χ0n) is 10.0. The molecule has 0 bridgehead atoms. The van der Waals surface area contributed by atoms with Gasteiger partial charge in [0, 0.05) is 6.54 Å². The van der Waals surface area contributed by atoms with E-state index in [-0.39, 0.29) is 22.9 Å². The van der Waals surface area contributed by atoms with Gasteiger partial charge in [-0.05, 0) is 23.8 Å². The lowest BCUT2D eigenvalue weighted by Crippen LogP contribution is -2.35. The summed E-state index contributed by atoms with van der Waals surface area (Å²) < 4.78 is 25.5. The molecule has 0 saturated heterocycles. The molecule has 1 aliphatic rings. The predicted octanol–water partition coefficient (Wildman–Crippen LogP) is 1.79. The lowest BCUT2D eigenvalue weighted by atomic mass is 10.1. The average Bonchev–Trinajstić information content (AvgIpc) is 2.57. The molecule has 1 heterocycles. The Bertz CT molecular complexity index is 564. The van der Waals surface area contributed by atoms with Crippen molar-refractivity contribution in [3.8, 4) is 0 Å². The van der Waals surface area contributed by atoms with Crippen LogP contribution in [0.15, 0.2) is 29.2 Å². The molecular weight excluding hydrogens is 270 g/mol. The zero-order chi connectivity index (χ0) is 13.3. The molecule has 0 aromatic heterocycles. The van der Waals surface area contributed by atoms with Gasteiger partial charge in [0.05, 0.1) is 5.56 Å². The topological polar surface area (TPSA) is 54.5 Å². The van der Waals surface area contributed by atoms with E-state index >= 15 is 0 Å². The summed E-state index contributed by atoms with van der Waals surface area (Å²) in [7, 11) is -3.66. The Kier molecular flexibility index (Phi) is 3.68. The average molecular weight is 285 g/mol. The Hall–Kier alpha value is -1.01. The second-order valence-corrected chi connectivity index (χ2v) is 6.49. The minimum Gasteiger partial charge on any atom is -0.268 e. The van der Waals surface area contributed by atoms with Gasteiger partial charge in [-0.3, -0.25) is 4.79 Å². The van der Waals surface area contributed by atoms with Gasteiger partial charge >= 0.3 is 0 Å². The van der Waals surface area contributed by atoms with E-state index in [1.807, 2.05) is 6.92 Å². The molecule has 0 saturated carbocycles. The number of carbonyl (C=O) groups is 1. The van der Waals surface area contributed by atoms with Crippen LogP contribution >= 0.6 is 12.6 Å². The van der Waals surface area contributed by atoms with Crippen molar-refractivity contribution in [1.82, 2.24) is 4.31 Å². The van der Waals surface area contributed by atoms with Crippen LogP contribution in [0.1, 0.15) is 23.7 Å². The lowest BCUT2D eigenvalue weighted by molar-refractivity contribution is 0.0859. The number of hydrogen-bond donors (Lipinski definition) is 1. The third-order valence-corrected chi connectivity index (χ3v) is 5.49. The summed E-state index contributed by atoms with van der Waals surface area (Å²) in [5.74, 6) is 0.221. The third-order valence-electron chi connectivity index (χ3n) is 3.17. The van der Waals surface area contributed by atoms with E-state index in [9.17, 15) is 13.2 Å². The van der Waals surface area contributed by atoms with Crippen molar-refractivity contribution < 1.29 is 13.2 Å². The van der Waals surface area contributed by atoms with Gasteiger partial charge in [0.2, 0.25) is 0 Å². The van der Waals surface area contributed by atoms with E-state index in [4.69, 9.17) is 0 Å². The van der Waals surface area contributed by atoms with Gasteiger partial charge in [-0.15, -0.1) is 0 Å². The summed E-state index contributed by atoms with van der Waals surface area (Å²) in [5, 5.41) is 0. The van der Waals surface area contributed by atoms with E-state index in [0.717, 1.165) is 10.7 Å². The standard InChI is InChI=1S/C12H15NO3S2/c1-2-9(8-17)7-13-12(14)10-5-3-4-6-11(10)18(13,15)16/h3-6,9,17H,2,7-8H2,1H3. The molecule has 1 aromatic rings. The number of thiol groups is 1. The van der Waals surface area contributed by atoms with Crippen molar-refractivity contribution in [2.45, 2.75) is 18.2 Å². The lowest BCUT2D eigenvalue weighted by Gasteiger charge is -2.20. The molecule has 4 nitrogen and oxygen atoms in total. The predicted molar refractivity (Wildman–Crippen MR) is 72.3 cm³/mol. The van der Waals surface area contributed by atoms with Crippen LogP contribution in [0.3, 0.4) is 0 Å². The number of fused-ring (bicyclic) bond motifs is 1. The van der Waals surface area contributed by atoms with Crippen molar-refractivity contribution in [2.24, 2.45) is 5.92 Å². The number of amides is 1. The van der Waals surface area contributed by atoms with E-state index in [0.29, 0.717) is 5.75 Å². The Morgan fingerprint density at radius 1 is 1.33 bits per heavy atom. The first kappa shape index (κ1) is 13.4. The SMILES string of the molecule is CCC(CS)CN1C(=O)c2ccccc2S1(=O)=O. The van der Waals surface area contributed by atoms with Crippen LogP contribution in [-0.2, 0) is 10.0 Å². The summed E-state index contributed by atoms with van der Waals surface area (Å²) in [6.07, 6.45) is 0.791. The van der Waals surface area contributed by atoms with Gasteiger partial charge < -0.3 is 0 Å². The fraction of sp³-hybridized carbons (Fsp3) is 0.417. The Labute approximate surface area is 112 Å². The number of carbonyl (C=O) groups excluding carboxylic acids is 1. The highest BCUT2D eigenvalue weighted by molar-refractivity contribution is 7.90. The van der Waals surface area contributed by atoms with Gasteiger partial charge in [-0.2, -0.15) is 12.6 Å². The largest absolute Gasteiger partial charge is 0.269 e.